The van der Waals surface area contributed by atoms with Gasteiger partial charge in [-0.15, -0.1) is 0 Å². The Bertz CT molecular complexity index is 746. The maximum atomic E-state index is 5.22. The van der Waals surface area contributed by atoms with Crippen molar-refractivity contribution < 1.29 is 4.74 Å². The molecule has 0 spiro atoms. The largest absolute Gasteiger partial charge is 0.497 e. The second-order valence-electron chi connectivity index (χ2n) is 5.41. The molecular weight excluding hydrogens is 274 g/mol. The van der Waals surface area contributed by atoms with E-state index in [0.717, 1.165) is 28.3 Å². The van der Waals surface area contributed by atoms with Gasteiger partial charge in [0.2, 0.25) is 0 Å². The van der Waals surface area contributed by atoms with Crippen LogP contribution in [0.25, 0.3) is 22.5 Å². The molecule has 3 rings (SSSR count). The van der Waals surface area contributed by atoms with Crippen molar-refractivity contribution in [2.24, 2.45) is 0 Å². The summed E-state index contributed by atoms with van der Waals surface area (Å²) in [6.07, 6.45) is 0. The molecule has 112 valence electrons. The number of hydrogen-bond donors (Lipinski definition) is 0. The Morgan fingerprint density at radius 1 is 0.818 bits per heavy atom. The van der Waals surface area contributed by atoms with Gasteiger partial charge in [-0.3, -0.25) is 0 Å². The summed E-state index contributed by atoms with van der Waals surface area (Å²) in [5.74, 6) is 0.835. The number of benzene rings is 2. The van der Waals surface area contributed by atoms with E-state index in [0.29, 0.717) is 0 Å². The van der Waals surface area contributed by atoms with Crippen LogP contribution in [0.5, 0.6) is 5.75 Å². The Kier molecular flexibility index (Phi) is 3.92. The maximum absolute atomic E-state index is 5.22. The molecule has 0 atom stereocenters. The van der Waals surface area contributed by atoms with Gasteiger partial charge in [0, 0.05) is 11.1 Å². The molecule has 4 nitrogen and oxygen atoms in total. The lowest BCUT2D eigenvalue weighted by molar-refractivity contribution is 0.415. The van der Waals surface area contributed by atoms with Gasteiger partial charge in [0.05, 0.1) is 13.2 Å². The number of nitrogens with zero attached hydrogens (tertiary/aromatic N) is 3. The van der Waals surface area contributed by atoms with E-state index in [2.05, 4.69) is 36.2 Å². The molecule has 0 radical (unpaired) electrons. The van der Waals surface area contributed by atoms with Gasteiger partial charge in [0.25, 0.3) is 0 Å². The Morgan fingerprint density at radius 3 is 1.86 bits per heavy atom. The third-order valence-electron chi connectivity index (χ3n) is 3.50. The maximum Gasteiger partial charge on any atom is 0.121 e. The molecule has 1 heterocycles. The zero-order chi connectivity index (χ0) is 15.5. The summed E-state index contributed by atoms with van der Waals surface area (Å²) in [6, 6.07) is 18.3. The van der Waals surface area contributed by atoms with E-state index in [-0.39, 0.29) is 6.04 Å². The summed E-state index contributed by atoms with van der Waals surface area (Å²) in [5, 5.41) is 9.35. The normalized spacial score (nSPS) is 10.9. The first-order valence-corrected chi connectivity index (χ1v) is 7.35. The van der Waals surface area contributed by atoms with Gasteiger partial charge in [0.1, 0.15) is 17.1 Å². The van der Waals surface area contributed by atoms with E-state index in [1.165, 1.54) is 0 Å². The molecule has 0 fully saturated rings. The molecule has 0 unspecified atom stereocenters. The third kappa shape index (κ3) is 2.72. The smallest absolute Gasteiger partial charge is 0.121 e. The summed E-state index contributed by atoms with van der Waals surface area (Å²) in [7, 11) is 1.67. The summed E-state index contributed by atoms with van der Waals surface area (Å²) < 4.78 is 5.22. The summed E-state index contributed by atoms with van der Waals surface area (Å²) in [6.45, 7) is 4.15. The van der Waals surface area contributed by atoms with Crippen molar-refractivity contribution in [1.82, 2.24) is 15.0 Å². The number of methoxy groups -OCH3 is 1. The van der Waals surface area contributed by atoms with E-state index in [9.17, 15) is 0 Å². The summed E-state index contributed by atoms with van der Waals surface area (Å²) in [5.41, 5.74) is 3.90. The van der Waals surface area contributed by atoms with Crippen LogP contribution in [0, 0.1) is 0 Å². The van der Waals surface area contributed by atoms with Crippen molar-refractivity contribution in [3.8, 4) is 28.3 Å². The lowest BCUT2D eigenvalue weighted by Crippen LogP contribution is -2.04. The second-order valence-corrected chi connectivity index (χ2v) is 5.41. The van der Waals surface area contributed by atoms with Crippen molar-refractivity contribution >= 4 is 0 Å². The fraction of sp³-hybridized carbons (Fsp3) is 0.222. The van der Waals surface area contributed by atoms with Gasteiger partial charge in [-0.05, 0) is 38.1 Å². The van der Waals surface area contributed by atoms with Crippen molar-refractivity contribution in [2.75, 3.05) is 7.11 Å². The number of ether oxygens (including phenoxy) is 1. The topological polar surface area (TPSA) is 39.9 Å². The average Bonchev–Trinajstić information content (AvgIpc) is 3.01. The molecule has 0 aliphatic rings. The van der Waals surface area contributed by atoms with Crippen LogP contribution >= 0.6 is 0 Å². The van der Waals surface area contributed by atoms with Gasteiger partial charge in [-0.1, -0.05) is 30.3 Å². The molecule has 0 bridgehead atoms. The zero-order valence-electron chi connectivity index (χ0n) is 13.0. The van der Waals surface area contributed by atoms with Crippen LogP contribution in [0.15, 0.2) is 54.6 Å². The lowest BCUT2D eigenvalue weighted by Gasteiger charge is -2.03. The van der Waals surface area contributed by atoms with E-state index >= 15 is 0 Å². The average molecular weight is 293 g/mol. The van der Waals surface area contributed by atoms with Gasteiger partial charge < -0.3 is 4.74 Å². The predicted molar refractivity (Wildman–Crippen MR) is 87.8 cm³/mol. The first-order valence-electron chi connectivity index (χ1n) is 7.35. The van der Waals surface area contributed by atoms with E-state index in [4.69, 9.17) is 4.74 Å². The Balaban J connectivity index is 2.12. The van der Waals surface area contributed by atoms with Crippen molar-refractivity contribution in [3.63, 3.8) is 0 Å². The van der Waals surface area contributed by atoms with Gasteiger partial charge in [-0.2, -0.15) is 15.0 Å². The fourth-order valence-electron chi connectivity index (χ4n) is 2.29. The minimum absolute atomic E-state index is 0.217. The minimum atomic E-state index is 0.217. The molecule has 0 saturated heterocycles. The molecule has 0 amide bonds. The third-order valence-corrected chi connectivity index (χ3v) is 3.50. The van der Waals surface area contributed by atoms with Crippen LogP contribution in [0.2, 0.25) is 0 Å². The van der Waals surface area contributed by atoms with Gasteiger partial charge >= 0.3 is 0 Å². The molecule has 0 saturated carbocycles. The van der Waals surface area contributed by atoms with Crippen LogP contribution in [-0.4, -0.2) is 22.1 Å². The number of rotatable bonds is 4. The van der Waals surface area contributed by atoms with Crippen LogP contribution in [-0.2, 0) is 0 Å². The van der Waals surface area contributed by atoms with Crippen LogP contribution in [0.3, 0.4) is 0 Å². The Morgan fingerprint density at radius 2 is 1.36 bits per heavy atom. The van der Waals surface area contributed by atoms with Gasteiger partial charge in [0.15, 0.2) is 0 Å². The highest BCUT2D eigenvalue weighted by molar-refractivity contribution is 5.77. The monoisotopic (exact) mass is 293 g/mol. The molecule has 3 aromatic rings. The molecule has 22 heavy (non-hydrogen) atoms. The summed E-state index contributed by atoms with van der Waals surface area (Å²) in [4.78, 5) is 1.77. The highest BCUT2D eigenvalue weighted by Crippen LogP contribution is 2.30. The fourth-order valence-corrected chi connectivity index (χ4v) is 2.29. The SMILES string of the molecule is COc1ccc(-c2nn(C(C)C)nc2-c2ccccc2)cc1. The van der Waals surface area contributed by atoms with E-state index in [1.54, 1.807) is 11.9 Å². The van der Waals surface area contributed by atoms with Crippen LogP contribution < -0.4 is 4.74 Å². The quantitative estimate of drug-likeness (QED) is 0.723. The minimum Gasteiger partial charge on any atom is -0.497 e. The van der Waals surface area contributed by atoms with Gasteiger partial charge in [-0.25, -0.2) is 0 Å². The second kappa shape index (κ2) is 6.02. The van der Waals surface area contributed by atoms with Crippen molar-refractivity contribution in [2.45, 2.75) is 19.9 Å². The molecule has 2 aromatic carbocycles. The highest BCUT2D eigenvalue weighted by atomic mass is 16.5. The molecule has 1 aromatic heterocycles. The zero-order valence-corrected chi connectivity index (χ0v) is 13.0. The van der Waals surface area contributed by atoms with Crippen LogP contribution in [0.4, 0.5) is 0 Å². The first kappa shape index (κ1) is 14.3. The molecule has 0 aliphatic carbocycles. The van der Waals surface area contributed by atoms with E-state index < -0.39 is 0 Å². The molecular formula is C18H19N3O. The Hall–Kier alpha value is -2.62. The van der Waals surface area contributed by atoms with Crippen molar-refractivity contribution in [1.29, 1.82) is 0 Å². The van der Waals surface area contributed by atoms with E-state index in [1.807, 2.05) is 42.5 Å². The number of aromatic nitrogens is 3. The molecule has 0 aliphatic heterocycles. The van der Waals surface area contributed by atoms with Crippen LogP contribution in [0.1, 0.15) is 19.9 Å². The van der Waals surface area contributed by atoms with Crippen molar-refractivity contribution in [3.05, 3.63) is 54.6 Å². The number of hydrogen-bond acceptors (Lipinski definition) is 3. The Labute approximate surface area is 130 Å². The molecule has 0 N–H and O–H groups in total. The lowest BCUT2D eigenvalue weighted by atomic mass is 10.1. The highest BCUT2D eigenvalue weighted by Gasteiger charge is 2.16. The summed E-state index contributed by atoms with van der Waals surface area (Å²) >= 11 is 0. The standard InChI is InChI=1S/C18H19N3O/c1-13(2)21-19-17(14-7-5-4-6-8-14)18(20-21)15-9-11-16(22-3)12-10-15/h4-13H,1-3H3. The first-order chi connectivity index (χ1) is 10.7. The molecule has 4 heteroatoms. The predicted octanol–water partition coefficient (Wildman–Crippen LogP) is 4.20.